The second kappa shape index (κ2) is 7.70. The number of anilines is 1. The van der Waals surface area contributed by atoms with Crippen LogP contribution in [0.3, 0.4) is 0 Å². The first-order valence-corrected chi connectivity index (χ1v) is 9.09. The van der Waals surface area contributed by atoms with Crippen molar-refractivity contribution in [1.82, 2.24) is 14.5 Å². The Kier molecular flexibility index (Phi) is 5.53. The van der Waals surface area contributed by atoms with Crippen LogP contribution in [0.2, 0.25) is 0 Å². The van der Waals surface area contributed by atoms with Gasteiger partial charge in [-0.15, -0.1) is 0 Å². The van der Waals surface area contributed by atoms with Gasteiger partial charge in [-0.2, -0.15) is 13.2 Å². The van der Waals surface area contributed by atoms with Gasteiger partial charge in [0.1, 0.15) is 5.82 Å². The normalized spacial score (nSPS) is 16.1. The Morgan fingerprint density at radius 1 is 1.22 bits per heavy atom. The fraction of sp³-hybridized carbons (Fsp3) is 0.526. The summed E-state index contributed by atoms with van der Waals surface area (Å²) < 4.78 is 41.2. The van der Waals surface area contributed by atoms with E-state index in [2.05, 4.69) is 9.97 Å². The molecule has 5 nitrogen and oxygen atoms in total. The molecule has 0 aliphatic carbocycles. The maximum Gasteiger partial charge on any atom is 0.419 e. The molecule has 0 amide bonds. The molecule has 146 valence electrons. The molecule has 0 aromatic carbocycles. The number of hydrogen-bond donors (Lipinski definition) is 0. The number of hydrogen-bond acceptors (Lipinski definition) is 4. The molecule has 2 aromatic rings. The van der Waals surface area contributed by atoms with Crippen LogP contribution in [0.15, 0.2) is 35.5 Å². The quantitative estimate of drug-likeness (QED) is 0.812. The minimum atomic E-state index is -4.42. The predicted molar refractivity (Wildman–Crippen MR) is 96.8 cm³/mol. The van der Waals surface area contributed by atoms with Crippen LogP contribution in [0.4, 0.5) is 19.0 Å². The Labute approximate surface area is 155 Å². The molecule has 3 rings (SSSR count). The lowest BCUT2D eigenvalue weighted by Crippen LogP contribution is -2.37. The van der Waals surface area contributed by atoms with Crippen LogP contribution in [-0.4, -0.2) is 27.6 Å². The highest BCUT2D eigenvalue weighted by Crippen LogP contribution is 2.36. The fourth-order valence-electron chi connectivity index (χ4n) is 3.37. The van der Waals surface area contributed by atoms with Gasteiger partial charge in [-0.3, -0.25) is 9.36 Å². The summed E-state index contributed by atoms with van der Waals surface area (Å²) in [5, 5.41) is 0. The van der Waals surface area contributed by atoms with E-state index in [1.54, 1.807) is 21.9 Å². The van der Waals surface area contributed by atoms with Crippen molar-refractivity contribution in [3.8, 4) is 0 Å². The van der Waals surface area contributed by atoms with Crippen LogP contribution in [0.5, 0.6) is 0 Å². The Bertz CT molecular complexity index is 839. The van der Waals surface area contributed by atoms with Crippen molar-refractivity contribution >= 4 is 5.82 Å². The van der Waals surface area contributed by atoms with Gasteiger partial charge in [0.05, 0.1) is 17.6 Å². The molecule has 3 heterocycles. The van der Waals surface area contributed by atoms with Crippen LogP contribution in [-0.2, 0) is 12.7 Å². The lowest BCUT2D eigenvalue weighted by atomic mass is 9.96. The summed E-state index contributed by atoms with van der Waals surface area (Å²) in [7, 11) is 0. The molecule has 0 N–H and O–H groups in total. The van der Waals surface area contributed by atoms with Crippen LogP contribution in [0.1, 0.15) is 43.9 Å². The lowest BCUT2D eigenvalue weighted by molar-refractivity contribution is -0.137. The third-order valence-electron chi connectivity index (χ3n) is 4.95. The molecule has 1 saturated heterocycles. The first-order valence-electron chi connectivity index (χ1n) is 9.09. The summed E-state index contributed by atoms with van der Waals surface area (Å²) >= 11 is 0. The van der Waals surface area contributed by atoms with Crippen molar-refractivity contribution in [2.24, 2.45) is 5.92 Å². The zero-order valence-electron chi connectivity index (χ0n) is 15.4. The molecule has 0 bridgehead atoms. The van der Waals surface area contributed by atoms with Crippen molar-refractivity contribution in [2.75, 3.05) is 18.0 Å². The molecule has 1 aliphatic rings. The molecule has 1 aliphatic heterocycles. The highest BCUT2D eigenvalue weighted by atomic mass is 19.4. The molecule has 0 spiro atoms. The number of rotatable bonds is 4. The molecular weight excluding hydrogens is 357 g/mol. The van der Waals surface area contributed by atoms with Gasteiger partial charge >= 0.3 is 6.18 Å². The average molecular weight is 380 g/mol. The van der Waals surface area contributed by atoms with Gasteiger partial charge in [-0.1, -0.05) is 13.8 Å². The van der Waals surface area contributed by atoms with E-state index in [4.69, 9.17) is 0 Å². The van der Waals surface area contributed by atoms with E-state index < -0.39 is 11.7 Å². The average Bonchev–Trinajstić information content (AvgIpc) is 2.63. The number of aromatic nitrogens is 3. The summed E-state index contributed by atoms with van der Waals surface area (Å²) in [5.41, 5.74) is -0.0192. The molecule has 0 saturated carbocycles. The summed E-state index contributed by atoms with van der Waals surface area (Å²) in [6, 6.07) is 3.93. The summed E-state index contributed by atoms with van der Waals surface area (Å²) in [6.45, 7) is 5.46. The van der Waals surface area contributed by atoms with Crippen molar-refractivity contribution in [1.29, 1.82) is 0 Å². The number of halogens is 3. The van der Waals surface area contributed by atoms with Gasteiger partial charge in [0.15, 0.2) is 0 Å². The maximum atomic E-state index is 13.2. The van der Waals surface area contributed by atoms with Crippen LogP contribution in [0, 0.1) is 5.92 Å². The van der Waals surface area contributed by atoms with Gasteiger partial charge < -0.3 is 4.90 Å². The number of pyridine rings is 1. The fourth-order valence-corrected chi connectivity index (χ4v) is 3.37. The Morgan fingerprint density at radius 2 is 1.93 bits per heavy atom. The van der Waals surface area contributed by atoms with Crippen molar-refractivity contribution < 1.29 is 13.2 Å². The summed E-state index contributed by atoms with van der Waals surface area (Å²) in [5.74, 6) is 0.407. The van der Waals surface area contributed by atoms with E-state index in [1.807, 2.05) is 13.8 Å². The predicted octanol–water partition coefficient (Wildman–Crippen LogP) is 3.70. The lowest BCUT2D eigenvalue weighted by Gasteiger charge is -2.34. The van der Waals surface area contributed by atoms with Gasteiger partial charge in [0.2, 0.25) is 0 Å². The monoisotopic (exact) mass is 380 g/mol. The first kappa shape index (κ1) is 19.4. The first-order chi connectivity index (χ1) is 12.8. The number of alkyl halides is 3. The van der Waals surface area contributed by atoms with Crippen molar-refractivity contribution in [3.63, 3.8) is 0 Å². The molecular formula is C19H23F3N4O. The highest BCUT2D eigenvalue weighted by molar-refractivity contribution is 5.48. The van der Waals surface area contributed by atoms with Crippen molar-refractivity contribution in [3.05, 3.63) is 52.3 Å². The molecule has 0 atom stereocenters. The third kappa shape index (κ3) is 4.48. The van der Waals surface area contributed by atoms with E-state index in [-0.39, 0.29) is 23.2 Å². The van der Waals surface area contributed by atoms with E-state index >= 15 is 0 Å². The van der Waals surface area contributed by atoms with Gasteiger partial charge in [0, 0.05) is 31.9 Å². The smallest absolute Gasteiger partial charge is 0.356 e. The highest BCUT2D eigenvalue weighted by Gasteiger charge is 2.36. The number of piperidine rings is 1. The van der Waals surface area contributed by atoms with Gasteiger partial charge in [-0.05, 0) is 36.8 Å². The van der Waals surface area contributed by atoms with E-state index in [0.29, 0.717) is 32.5 Å². The van der Waals surface area contributed by atoms with Crippen LogP contribution in [0.25, 0.3) is 0 Å². The van der Waals surface area contributed by atoms with E-state index in [1.165, 1.54) is 12.3 Å². The van der Waals surface area contributed by atoms with E-state index in [0.717, 1.165) is 11.8 Å². The summed E-state index contributed by atoms with van der Waals surface area (Å²) in [4.78, 5) is 22.2. The standard InChI is InChI=1S/C19H23F3N4O/c1-13(2)16-10-17(27)26(12-24-16)11-14-5-8-25(9-6-14)18-15(19(20,21)22)4-3-7-23-18/h3-4,7,10,12-14H,5-6,8-9,11H2,1-2H3. The minimum Gasteiger partial charge on any atom is -0.356 e. The second-order valence-corrected chi connectivity index (χ2v) is 7.26. The SMILES string of the molecule is CC(C)c1cc(=O)n(CC2CCN(c3ncccc3C(F)(F)F)CC2)cn1. The van der Waals surface area contributed by atoms with Gasteiger partial charge in [0.25, 0.3) is 5.56 Å². The molecule has 0 radical (unpaired) electrons. The number of nitrogens with zero attached hydrogens (tertiary/aromatic N) is 4. The molecule has 0 unspecified atom stereocenters. The largest absolute Gasteiger partial charge is 0.419 e. The van der Waals surface area contributed by atoms with Crippen LogP contribution >= 0.6 is 0 Å². The van der Waals surface area contributed by atoms with E-state index in [9.17, 15) is 18.0 Å². The molecule has 27 heavy (non-hydrogen) atoms. The zero-order chi connectivity index (χ0) is 19.6. The van der Waals surface area contributed by atoms with Gasteiger partial charge in [-0.25, -0.2) is 9.97 Å². The second-order valence-electron chi connectivity index (χ2n) is 7.26. The summed E-state index contributed by atoms with van der Waals surface area (Å²) in [6.07, 6.45) is -0.0568. The zero-order valence-corrected chi connectivity index (χ0v) is 15.4. The molecule has 8 heteroatoms. The topological polar surface area (TPSA) is 51.0 Å². The van der Waals surface area contributed by atoms with Crippen molar-refractivity contribution in [2.45, 2.75) is 45.3 Å². The molecule has 2 aromatic heterocycles. The third-order valence-corrected chi connectivity index (χ3v) is 4.95. The Hall–Kier alpha value is -2.38. The Balaban J connectivity index is 1.66. The minimum absolute atomic E-state index is 0.0106. The molecule has 1 fully saturated rings. The maximum absolute atomic E-state index is 13.2. The van der Waals surface area contributed by atoms with Crippen LogP contribution < -0.4 is 10.5 Å². The Morgan fingerprint density at radius 3 is 2.52 bits per heavy atom.